The largest absolute Gasteiger partial charge is 0.325 e. The third-order valence-corrected chi connectivity index (χ3v) is 3.80. The van der Waals surface area contributed by atoms with Crippen molar-refractivity contribution in [1.29, 1.82) is 0 Å². The highest BCUT2D eigenvalue weighted by Crippen LogP contribution is 2.30. The first-order valence-electron chi connectivity index (χ1n) is 5.60. The number of nitrogens with zero attached hydrogens (tertiary/aromatic N) is 3. The van der Waals surface area contributed by atoms with Gasteiger partial charge in [-0.2, -0.15) is 0 Å². The Hall–Kier alpha value is -1.09. The summed E-state index contributed by atoms with van der Waals surface area (Å²) >= 11 is 6.02. The molecule has 2 aromatic heterocycles. The molecule has 0 N–H and O–H groups in total. The number of fused-ring (bicyclic) bond motifs is 1. The van der Waals surface area contributed by atoms with E-state index in [9.17, 15) is 0 Å². The maximum absolute atomic E-state index is 6.02. The minimum atomic E-state index is 0.0967. The third kappa shape index (κ3) is 1.59. The molecule has 86 valence electrons. The third-order valence-electron chi connectivity index (χ3n) is 3.53. The van der Waals surface area contributed by atoms with Crippen LogP contribution in [-0.2, 0) is 5.54 Å². The van der Waals surface area contributed by atoms with Gasteiger partial charge in [0.25, 0.3) is 0 Å². The first kappa shape index (κ1) is 11.4. The van der Waals surface area contributed by atoms with Gasteiger partial charge < -0.3 is 4.57 Å². The van der Waals surface area contributed by atoms with Gasteiger partial charge in [0.2, 0.25) is 0 Å². The molecule has 4 heteroatoms. The predicted molar refractivity (Wildman–Crippen MR) is 66.8 cm³/mol. The van der Waals surface area contributed by atoms with Crippen LogP contribution in [0, 0.1) is 0 Å². The summed E-state index contributed by atoms with van der Waals surface area (Å²) in [4.78, 5) is 8.39. The highest BCUT2D eigenvalue weighted by Gasteiger charge is 2.24. The highest BCUT2D eigenvalue weighted by atomic mass is 35.5. The molecule has 0 atom stereocenters. The molecule has 0 saturated carbocycles. The van der Waals surface area contributed by atoms with Gasteiger partial charge in [-0.15, -0.1) is 0 Å². The minimum Gasteiger partial charge on any atom is -0.325 e. The molecular formula is C12H16ClN3. The van der Waals surface area contributed by atoms with Gasteiger partial charge in [-0.25, -0.2) is 9.97 Å². The molecule has 2 aromatic rings. The Balaban J connectivity index is 2.66. The zero-order valence-corrected chi connectivity index (χ0v) is 10.6. The Bertz CT molecular complexity index is 500. The van der Waals surface area contributed by atoms with Crippen molar-refractivity contribution in [1.82, 2.24) is 14.5 Å². The highest BCUT2D eigenvalue weighted by molar-refractivity contribution is 6.33. The van der Waals surface area contributed by atoms with Gasteiger partial charge in [0.15, 0.2) is 5.15 Å². The van der Waals surface area contributed by atoms with E-state index in [-0.39, 0.29) is 5.54 Å². The second-order valence-corrected chi connectivity index (χ2v) is 4.65. The molecule has 2 rings (SSSR count). The summed E-state index contributed by atoms with van der Waals surface area (Å²) in [6.45, 7) is 6.62. The Morgan fingerprint density at radius 2 is 2.00 bits per heavy atom. The normalized spacial score (nSPS) is 12.2. The molecule has 0 aliphatic rings. The molecule has 2 heterocycles. The summed E-state index contributed by atoms with van der Waals surface area (Å²) in [7, 11) is 0. The lowest BCUT2D eigenvalue weighted by molar-refractivity contribution is 0.302. The van der Waals surface area contributed by atoms with Crippen molar-refractivity contribution < 1.29 is 0 Å². The van der Waals surface area contributed by atoms with E-state index in [1.165, 1.54) is 0 Å². The SMILES string of the molecule is CCC(C)(CC)n1cnc2c(Cl)nccc21. The maximum Gasteiger partial charge on any atom is 0.156 e. The Labute approximate surface area is 100 Å². The van der Waals surface area contributed by atoms with Crippen molar-refractivity contribution in [3.63, 3.8) is 0 Å². The van der Waals surface area contributed by atoms with E-state index >= 15 is 0 Å². The van der Waals surface area contributed by atoms with E-state index in [2.05, 4.69) is 35.3 Å². The van der Waals surface area contributed by atoms with Crippen molar-refractivity contribution in [2.45, 2.75) is 39.2 Å². The van der Waals surface area contributed by atoms with E-state index in [1.807, 2.05) is 12.4 Å². The summed E-state index contributed by atoms with van der Waals surface area (Å²) in [5, 5.41) is 0.478. The molecule has 0 radical (unpaired) electrons. The average Bonchev–Trinajstić information content (AvgIpc) is 2.74. The van der Waals surface area contributed by atoms with Crippen LogP contribution in [0.4, 0.5) is 0 Å². The molecule has 0 amide bonds. The summed E-state index contributed by atoms with van der Waals surface area (Å²) < 4.78 is 2.20. The van der Waals surface area contributed by atoms with Crippen LogP contribution >= 0.6 is 11.6 Å². The average molecular weight is 238 g/mol. The van der Waals surface area contributed by atoms with Crippen LogP contribution in [0.1, 0.15) is 33.6 Å². The number of imidazole rings is 1. The van der Waals surface area contributed by atoms with Crippen LogP contribution in [-0.4, -0.2) is 14.5 Å². The molecule has 0 aromatic carbocycles. The van der Waals surface area contributed by atoms with Crippen LogP contribution in [0.25, 0.3) is 11.0 Å². The Kier molecular flexibility index (Phi) is 2.89. The fraction of sp³-hybridized carbons (Fsp3) is 0.500. The number of halogens is 1. The van der Waals surface area contributed by atoms with Gasteiger partial charge in [0.05, 0.1) is 11.8 Å². The Morgan fingerprint density at radius 3 is 2.62 bits per heavy atom. The van der Waals surface area contributed by atoms with Gasteiger partial charge >= 0.3 is 0 Å². The van der Waals surface area contributed by atoms with E-state index in [0.717, 1.165) is 23.9 Å². The van der Waals surface area contributed by atoms with Crippen molar-refractivity contribution in [2.24, 2.45) is 0 Å². The smallest absolute Gasteiger partial charge is 0.156 e. The van der Waals surface area contributed by atoms with Crippen LogP contribution in [0.3, 0.4) is 0 Å². The lowest BCUT2D eigenvalue weighted by Gasteiger charge is -2.29. The summed E-state index contributed by atoms with van der Waals surface area (Å²) in [5.41, 5.74) is 1.95. The van der Waals surface area contributed by atoms with E-state index < -0.39 is 0 Å². The van der Waals surface area contributed by atoms with E-state index in [0.29, 0.717) is 5.15 Å². The van der Waals surface area contributed by atoms with Crippen molar-refractivity contribution in [2.75, 3.05) is 0 Å². The zero-order valence-electron chi connectivity index (χ0n) is 9.87. The standard InChI is InChI=1S/C12H16ClN3/c1-4-12(3,5-2)16-8-15-10-9(16)6-7-14-11(10)13/h6-8H,4-5H2,1-3H3. The fourth-order valence-corrected chi connectivity index (χ4v) is 2.13. The lowest BCUT2D eigenvalue weighted by Crippen LogP contribution is -2.27. The number of hydrogen-bond acceptors (Lipinski definition) is 2. The lowest BCUT2D eigenvalue weighted by atomic mass is 9.95. The number of aromatic nitrogens is 3. The number of pyridine rings is 1. The van der Waals surface area contributed by atoms with Crippen LogP contribution in [0.2, 0.25) is 5.15 Å². The number of rotatable bonds is 3. The van der Waals surface area contributed by atoms with Gasteiger partial charge in [0.1, 0.15) is 5.52 Å². The monoisotopic (exact) mass is 237 g/mol. The van der Waals surface area contributed by atoms with Crippen molar-refractivity contribution >= 4 is 22.6 Å². The maximum atomic E-state index is 6.02. The molecule has 0 aliphatic carbocycles. The molecule has 0 unspecified atom stereocenters. The van der Waals surface area contributed by atoms with Crippen LogP contribution in [0.15, 0.2) is 18.6 Å². The van der Waals surface area contributed by atoms with Gasteiger partial charge in [-0.1, -0.05) is 25.4 Å². The second kappa shape index (κ2) is 4.06. The van der Waals surface area contributed by atoms with Gasteiger partial charge in [0, 0.05) is 11.7 Å². The molecule has 16 heavy (non-hydrogen) atoms. The van der Waals surface area contributed by atoms with Crippen LogP contribution in [0.5, 0.6) is 0 Å². The first-order valence-corrected chi connectivity index (χ1v) is 5.98. The topological polar surface area (TPSA) is 30.7 Å². The first-order chi connectivity index (χ1) is 7.62. The fourth-order valence-electron chi connectivity index (χ4n) is 1.93. The molecular weight excluding hydrogens is 222 g/mol. The molecule has 3 nitrogen and oxygen atoms in total. The summed E-state index contributed by atoms with van der Waals surface area (Å²) in [5.74, 6) is 0. The second-order valence-electron chi connectivity index (χ2n) is 4.29. The van der Waals surface area contributed by atoms with Gasteiger partial charge in [-0.05, 0) is 25.8 Å². The summed E-state index contributed by atoms with van der Waals surface area (Å²) in [6, 6.07) is 1.97. The van der Waals surface area contributed by atoms with E-state index in [4.69, 9.17) is 11.6 Å². The molecule has 0 spiro atoms. The minimum absolute atomic E-state index is 0.0967. The van der Waals surface area contributed by atoms with Crippen LogP contribution < -0.4 is 0 Å². The molecule has 0 aliphatic heterocycles. The van der Waals surface area contributed by atoms with E-state index in [1.54, 1.807) is 6.20 Å². The molecule has 0 bridgehead atoms. The number of hydrogen-bond donors (Lipinski definition) is 0. The quantitative estimate of drug-likeness (QED) is 0.764. The van der Waals surface area contributed by atoms with Crippen molar-refractivity contribution in [3.05, 3.63) is 23.7 Å². The predicted octanol–water partition coefficient (Wildman–Crippen LogP) is 3.62. The Morgan fingerprint density at radius 1 is 1.31 bits per heavy atom. The van der Waals surface area contributed by atoms with Crippen molar-refractivity contribution in [3.8, 4) is 0 Å². The van der Waals surface area contributed by atoms with Gasteiger partial charge in [-0.3, -0.25) is 0 Å². The summed E-state index contributed by atoms with van der Waals surface area (Å²) in [6.07, 6.45) is 5.73. The molecule has 0 fully saturated rings. The molecule has 0 saturated heterocycles. The zero-order chi connectivity index (χ0) is 11.8.